The average molecular weight is 150 g/mol. The summed E-state index contributed by atoms with van der Waals surface area (Å²) >= 11 is 0. The molecule has 0 saturated heterocycles. The van der Waals surface area contributed by atoms with E-state index in [1.807, 2.05) is 26.0 Å². The fraction of sp³-hybridized carbons (Fsp3) is 0.400. The summed E-state index contributed by atoms with van der Waals surface area (Å²) in [5.41, 5.74) is 2.58. The first-order valence-electron chi connectivity index (χ1n) is 3.55. The van der Waals surface area contributed by atoms with E-state index < -0.39 is 0 Å². The van der Waals surface area contributed by atoms with E-state index in [9.17, 15) is 4.79 Å². The highest BCUT2D eigenvalue weighted by Crippen LogP contribution is 2.17. The highest BCUT2D eigenvalue weighted by Gasteiger charge is 2.07. The third kappa shape index (κ3) is 5.38. The zero-order valence-corrected chi connectivity index (χ0v) is 7.35. The Bertz CT molecular complexity index is 215. The number of allylic oxidation sites excluding steroid dienone is 3. The van der Waals surface area contributed by atoms with Crippen molar-refractivity contribution in [2.24, 2.45) is 5.41 Å². The molecule has 0 saturated carbocycles. The van der Waals surface area contributed by atoms with E-state index in [-0.39, 0.29) is 11.2 Å². The summed E-state index contributed by atoms with van der Waals surface area (Å²) in [4.78, 5) is 10.6. The van der Waals surface area contributed by atoms with Crippen LogP contribution in [0.3, 0.4) is 0 Å². The predicted octanol–water partition coefficient (Wildman–Crippen LogP) is 2.50. The standard InChI is InChI=1S/C10H14O/c1-5-7-10(3,4)8-6-9(2)11/h6-8H,1H2,2-4H3/b8-6+. The molecule has 0 spiro atoms. The molecule has 0 amide bonds. The lowest BCUT2D eigenvalue weighted by molar-refractivity contribution is -0.112. The van der Waals surface area contributed by atoms with Gasteiger partial charge in [0, 0.05) is 5.41 Å². The minimum atomic E-state index is -0.118. The molecule has 0 aliphatic rings. The largest absolute Gasteiger partial charge is 0.295 e. The average Bonchev–Trinajstić information content (AvgIpc) is 1.84. The molecule has 0 heterocycles. The lowest BCUT2D eigenvalue weighted by atomic mass is 9.93. The van der Waals surface area contributed by atoms with Gasteiger partial charge in [0.05, 0.1) is 0 Å². The molecule has 0 aromatic heterocycles. The van der Waals surface area contributed by atoms with Crippen LogP contribution in [-0.4, -0.2) is 5.78 Å². The number of carbonyl (C=O) groups excluding carboxylic acids is 1. The first-order chi connectivity index (χ1) is 4.98. The molecule has 1 nitrogen and oxygen atoms in total. The van der Waals surface area contributed by atoms with Gasteiger partial charge in [0.15, 0.2) is 5.78 Å². The van der Waals surface area contributed by atoms with Crippen LogP contribution in [0.2, 0.25) is 0 Å². The minimum absolute atomic E-state index is 0.0653. The fourth-order valence-corrected chi connectivity index (χ4v) is 0.643. The topological polar surface area (TPSA) is 17.1 Å². The maximum atomic E-state index is 10.6. The third-order valence-electron chi connectivity index (χ3n) is 1.22. The van der Waals surface area contributed by atoms with E-state index in [0.717, 1.165) is 0 Å². The summed E-state index contributed by atoms with van der Waals surface area (Å²) < 4.78 is 0. The molecule has 0 unspecified atom stereocenters. The van der Waals surface area contributed by atoms with E-state index in [0.29, 0.717) is 0 Å². The molecule has 60 valence electrons. The van der Waals surface area contributed by atoms with Crippen LogP contribution in [0.4, 0.5) is 0 Å². The molecule has 0 bridgehead atoms. The maximum absolute atomic E-state index is 10.6. The Morgan fingerprint density at radius 1 is 1.55 bits per heavy atom. The third-order valence-corrected chi connectivity index (χ3v) is 1.22. The summed E-state index contributed by atoms with van der Waals surface area (Å²) in [5, 5.41) is 0. The lowest BCUT2D eigenvalue weighted by Gasteiger charge is -2.11. The number of hydrogen-bond donors (Lipinski definition) is 0. The first kappa shape index (κ1) is 9.93. The van der Waals surface area contributed by atoms with Crippen LogP contribution in [0.25, 0.3) is 0 Å². The molecule has 0 fully saturated rings. The van der Waals surface area contributed by atoms with Crippen LogP contribution >= 0.6 is 0 Å². The number of carbonyl (C=O) groups is 1. The normalized spacial score (nSPS) is 11.2. The fourth-order valence-electron chi connectivity index (χ4n) is 0.643. The van der Waals surface area contributed by atoms with Gasteiger partial charge in [-0.25, -0.2) is 0 Å². The Kier molecular flexibility index (Phi) is 3.56. The molecule has 0 rings (SSSR count). The van der Waals surface area contributed by atoms with E-state index >= 15 is 0 Å². The molecule has 0 aliphatic heterocycles. The van der Waals surface area contributed by atoms with Gasteiger partial charge in [-0.05, 0) is 19.1 Å². The van der Waals surface area contributed by atoms with Crippen molar-refractivity contribution in [1.29, 1.82) is 0 Å². The molecule has 0 atom stereocenters. The van der Waals surface area contributed by atoms with Gasteiger partial charge in [-0.1, -0.05) is 26.5 Å². The van der Waals surface area contributed by atoms with E-state index in [1.165, 1.54) is 6.92 Å². The summed E-state index contributed by atoms with van der Waals surface area (Å²) in [6, 6.07) is 0. The van der Waals surface area contributed by atoms with Crippen molar-refractivity contribution in [2.45, 2.75) is 20.8 Å². The number of ketones is 1. The maximum Gasteiger partial charge on any atom is 0.152 e. The van der Waals surface area contributed by atoms with Crippen molar-refractivity contribution in [2.75, 3.05) is 0 Å². The Hall–Kier alpha value is -1.07. The lowest BCUT2D eigenvalue weighted by Crippen LogP contribution is -2.02. The summed E-state index contributed by atoms with van der Waals surface area (Å²) in [6.07, 6.45) is 5.23. The van der Waals surface area contributed by atoms with Crippen LogP contribution < -0.4 is 0 Å². The highest BCUT2D eigenvalue weighted by atomic mass is 16.1. The Morgan fingerprint density at radius 3 is 2.45 bits per heavy atom. The van der Waals surface area contributed by atoms with E-state index in [2.05, 4.69) is 12.3 Å². The molecular formula is C10H14O. The Labute approximate surface area is 68.1 Å². The van der Waals surface area contributed by atoms with Gasteiger partial charge in [-0.2, -0.15) is 0 Å². The van der Waals surface area contributed by atoms with Crippen LogP contribution in [0, 0.1) is 5.41 Å². The van der Waals surface area contributed by atoms with E-state index in [1.54, 1.807) is 6.08 Å². The summed E-state index contributed by atoms with van der Waals surface area (Å²) in [7, 11) is 0. The van der Waals surface area contributed by atoms with Crippen LogP contribution in [0.5, 0.6) is 0 Å². The smallest absolute Gasteiger partial charge is 0.152 e. The van der Waals surface area contributed by atoms with Crippen molar-refractivity contribution in [1.82, 2.24) is 0 Å². The van der Waals surface area contributed by atoms with Gasteiger partial charge in [0.2, 0.25) is 0 Å². The summed E-state index contributed by atoms with van der Waals surface area (Å²) in [5.74, 6) is 0.0653. The van der Waals surface area contributed by atoms with Gasteiger partial charge in [0.1, 0.15) is 0 Å². The van der Waals surface area contributed by atoms with Crippen molar-refractivity contribution >= 4 is 5.78 Å². The zero-order chi connectivity index (χ0) is 8.91. The monoisotopic (exact) mass is 150 g/mol. The van der Waals surface area contributed by atoms with Crippen molar-refractivity contribution in [3.8, 4) is 0 Å². The molecule has 11 heavy (non-hydrogen) atoms. The van der Waals surface area contributed by atoms with Crippen molar-refractivity contribution in [3.05, 3.63) is 30.5 Å². The molecular weight excluding hydrogens is 136 g/mol. The molecule has 0 aliphatic carbocycles. The molecule has 0 aromatic carbocycles. The van der Waals surface area contributed by atoms with Crippen LogP contribution in [-0.2, 0) is 4.79 Å². The van der Waals surface area contributed by atoms with Crippen molar-refractivity contribution in [3.63, 3.8) is 0 Å². The van der Waals surface area contributed by atoms with Crippen molar-refractivity contribution < 1.29 is 4.79 Å². The summed E-state index contributed by atoms with van der Waals surface area (Å²) in [6.45, 7) is 8.99. The number of hydrogen-bond acceptors (Lipinski definition) is 1. The van der Waals surface area contributed by atoms with Crippen LogP contribution in [0.1, 0.15) is 20.8 Å². The minimum Gasteiger partial charge on any atom is -0.295 e. The Balaban J connectivity index is 4.34. The first-order valence-corrected chi connectivity index (χ1v) is 3.55. The van der Waals surface area contributed by atoms with Gasteiger partial charge in [-0.3, -0.25) is 4.79 Å². The van der Waals surface area contributed by atoms with Gasteiger partial charge in [0.25, 0.3) is 0 Å². The zero-order valence-electron chi connectivity index (χ0n) is 7.35. The van der Waals surface area contributed by atoms with E-state index in [4.69, 9.17) is 0 Å². The predicted molar refractivity (Wildman–Crippen MR) is 47.3 cm³/mol. The van der Waals surface area contributed by atoms with Gasteiger partial charge >= 0.3 is 0 Å². The molecule has 0 N–H and O–H groups in total. The van der Waals surface area contributed by atoms with Crippen LogP contribution in [0.15, 0.2) is 30.5 Å². The second-order valence-corrected chi connectivity index (χ2v) is 3.11. The molecule has 1 heteroatoms. The quantitative estimate of drug-likeness (QED) is 0.446. The van der Waals surface area contributed by atoms with Gasteiger partial charge in [-0.15, -0.1) is 5.73 Å². The molecule has 0 radical (unpaired) electrons. The highest BCUT2D eigenvalue weighted by molar-refractivity contribution is 5.87. The SMILES string of the molecule is C=C=CC(C)(C)/C=C/C(C)=O. The second kappa shape index (κ2) is 3.95. The number of rotatable bonds is 3. The van der Waals surface area contributed by atoms with Gasteiger partial charge < -0.3 is 0 Å². The second-order valence-electron chi connectivity index (χ2n) is 3.11. The molecule has 0 aromatic rings. The Morgan fingerprint density at radius 2 is 2.09 bits per heavy atom.